The van der Waals surface area contributed by atoms with Crippen molar-refractivity contribution >= 4 is 5.91 Å². The van der Waals surface area contributed by atoms with Gasteiger partial charge in [-0.25, -0.2) is 9.97 Å². The number of rotatable bonds is 8. The lowest BCUT2D eigenvalue weighted by Crippen LogP contribution is -2.38. The number of aromatic nitrogens is 2. The van der Waals surface area contributed by atoms with Gasteiger partial charge in [0.1, 0.15) is 5.82 Å². The van der Waals surface area contributed by atoms with Crippen molar-refractivity contribution in [1.29, 1.82) is 0 Å². The summed E-state index contributed by atoms with van der Waals surface area (Å²) >= 11 is 0. The first-order valence-electron chi connectivity index (χ1n) is 9.70. The lowest BCUT2D eigenvalue weighted by atomic mass is 10.00. The third-order valence-corrected chi connectivity index (χ3v) is 4.98. The Morgan fingerprint density at radius 1 is 1.18 bits per heavy atom. The Morgan fingerprint density at radius 2 is 1.96 bits per heavy atom. The third kappa shape index (κ3) is 5.42. The number of amides is 1. The predicted octanol–water partition coefficient (Wildman–Crippen LogP) is 2.21. The first kappa shape index (κ1) is 20.1. The average Bonchev–Trinajstić information content (AvgIpc) is 2.76. The highest BCUT2D eigenvalue weighted by molar-refractivity contribution is 5.76. The van der Waals surface area contributed by atoms with Gasteiger partial charge in [0.2, 0.25) is 5.91 Å². The minimum Gasteiger partial charge on any atom is -0.493 e. The Bertz CT molecular complexity index is 774. The van der Waals surface area contributed by atoms with Crippen LogP contribution < -0.4 is 20.1 Å². The molecule has 1 atom stereocenters. The van der Waals surface area contributed by atoms with E-state index in [2.05, 4.69) is 20.6 Å². The van der Waals surface area contributed by atoms with Gasteiger partial charge in [-0.1, -0.05) is 6.07 Å². The van der Waals surface area contributed by atoms with Crippen molar-refractivity contribution in [1.82, 2.24) is 20.6 Å². The van der Waals surface area contributed by atoms with Crippen molar-refractivity contribution < 1.29 is 14.3 Å². The van der Waals surface area contributed by atoms with Gasteiger partial charge >= 0.3 is 0 Å². The van der Waals surface area contributed by atoms with E-state index in [4.69, 9.17) is 9.47 Å². The fourth-order valence-electron chi connectivity index (χ4n) is 3.32. The minimum atomic E-state index is 0.0538. The molecular weight excluding hydrogens is 356 g/mol. The van der Waals surface area contributed by atoms with E-state index >= 15 is 0 Å². The molecule has 0 aliphatic carbocycles. The van der Waals surface area contributed by atoms with Crippen LogP contribution in [0.2, 0.25) is 0 Å². The second-order valence-electron chi connectivity index (χ2n) is 6.97. The molecule has 0 radical (unpaired) electrons. The fourth-order valence-corrected chi connectivity index (χ4v) is 3.32. The zero-order valence-electron chi connectivity index (χ0n) is 16.5. The maximum absolute atomic E-state index is 12.1. The molecule has 150 valence electrons. The molecular formula is C21H28N4O3. The van der Waals surface area contributed by atoms with Crippen molar-refractivity contribution in [2.75, 3.05) is 33.9 Å². The van der Waals surface area contributed by atoms with Crippen LogP contribution in [0.4, 0.5) is 0 Å². The molecule has 7 nitrogen and oxygen atoms in total. The summed E-state index contributed by atoms with van der Waals surface area (Å²) in [5.41, 5.74) is 1.84. The largest absolute Gasteiger partial charge is 0.493 e. The summed E-state index contributed by atoms with van der Waals surface area (Å²) in [6, 6.07) is 5.69. The molecule has 1 aliphatic heterocycles. The Labute approximate surface area is 165 Å². The van der Waals surface area contributed by atoms with Gasteiger partial charge in [0, 0.05) is 37.3 Å². The summed E-state index contributed by atoms with van der Waals surface area (Å²) in [4.78, 5) is 20.9. The lowest BCUT2D eigenvalue weighted by Gasteiger charge is -2.22. The van der Waals surface area contributed by atoms with Crippen LogP contribution in [0, 0.1) is 5.92 Å². The van der Waals surface area contributed by atoms with Crippen molar-refractivity contribution in [2.45, 2.75) is 25.7 Å². The van der Waals surface area contributed by atoms with Crippen molar-refractivity contribution in [3.05, 3.63) is 36.4 Å². The smallest absolute Gasteiger partial charge is 0.220 e. The van der Waals surface area contributed by atoms with E-state index in [-0.39, 0.29) is 5.91 Å². The molecule has 2 aromatic rings. The molecule has 1 aromatic heterocycles. The topological polar surface area (TPSA) is 85.4 Å². The summed E-state index contributed by atoms with van der Waals surface area (Å²) in [7, 11) is 3.22. The van der Waals surface area contributed by atoms with Crippen LogP contribution in [0.5, 0.6) is 11.5 Å². The van der Waals surface area contributed by atoms with Gasteiger partial charge in [0.05, 0.1) is 14.2 Å². The number of hydrogen-bond donors (Lipinski definition) is 2. The molecule has 1 aromatic carbocycles. The molecule has 1 saturated heterocycles. The molecule has 3 rings (SSSR count). The van der Waals surface area contributed by atoms with Crippen LogP contribution in [0.1, 0.15) is 25.1 Å². The normalized spacial score (nSPS) is 16.4. The number of aryl methyl sites for hydroxylation is 1. The SMILES string of the molecule is COc1ccc(-c2cnc(CCC(=O)NCC3CCCNC3)nc2)cc1OC. The zero-order valence-corrected chi connectivity index (χ0v) is 16.5. The van der Waals surface area contributed by atoms with Gasteiger partial charge in [0.25, 0.3) is 0 Å². The maximum atomic E-state index is 12.1. The highest BCUT2D eigenvalue weighted by Gasteiger charge is 2.14. The van der Waals surface area contributed by atoms with Crippen LogP contribution in [0.15, 0.2) is 30.6 Å². The number of hydrogen-bond acceptors (Lipinski definition) is 6. The Hall–Kier alpha value is -2.67. The number of benzene rings is 1. The van der Waals surface area contributed by atoms with E-state index in [1.807, 2.05) is 18.2 Å². The number of carbonyl (C=O) groups excluding carboxylic acids is 1. The molecule has 0 spiro atoms. The van der Waals surface area contributed by atoms with Crippen molar-refractivity contribution in [3.63, 3.8) is 0 Å². The molecule has 0 bridgehead atoms. The number of methoxy groups -OCH3 is 2. The van der Waals surface area contributed by atoms with E-state index in [9.17, 15) is 4.79 Å². The van der Waals surface area contributed by atoms with Crippen LogP contribution in [-0.4, -0.2) is 49.7 Å². The summed E-state index contributed by atoms with van der Waals surface area (Å²) in [6.07, 6.45) is 6.83. The van der Waals surface area contributed by atoms with E-state index in [0.717, 1.165) is 30.8 Å². The second-order valence-corrected chi connectivity index (χ2v) is 6.97. The van der Waals surface area contributed by atoms with Gasteiger partial charge in [0.15, 0.2) is 11.5 Å². The van der Waals surface area contributed by atoms with Gasteiger partial charge < -0.3 is 20.1 Å². The third-order valence-electron chi connectivity index (χ3n) is 4.98. The molecule has 28 heavy (non-hydrogen) atoms. The molecule has 0 saturated carbocycles. The number of ether oxygens (including phenoxy) is 2. The van der Waals surface area contributed by atoms with Crippen LogP contribution >= 0.6 is 0 Å². The molecule has 1 amide bonds. The molecule has 2 heterocycles. The highest BCUT2D eigenvalue weighted by Crippen LogP contribution is 2.31. The van der Waals surface area contributed by atoms with Gasteiger partial charge in [-0.05, 0) is 49.5 Å². The monoisotopic (exact) mass is 384 g/mol. The molecule has 1 unspecified atom stereocenters. The first-order chi connectivity index (χ1) is 13.7. The number of nitrogens with zero attached hydrogens (tertiary/aromatic N) is 2. The Morgan fingerprint density at radius 3 is 2.64 bits per heavy atom. The summed E-state index contributed by atoms with van der Waals surface area (Å²) in [5.74, 6) is 2.60. The second kappa shape index (κ2) is 10.0. The van der Waals surface area contributed by atoms with Gasteiger partial charge in [-0.15, -0.1) is 0 Å². The number of piperidine rings is 1. The fraction of sp³-hybridized carbons (Fsp3) is 0.476. The summed E-state index contributed by atoms with van der Waals surface area (Å²) in [5, 5.41) is 6.39. The quantitative estimate of drug-likeness (QED) is 0.726. The van der Waals surface area contributed by atoms with Crippen molar-refractivity contribution in [3.8, 4) is 22.6 Å². The van der Waals surface area contributed by atoms with Crippen molar-refractivity contribution in [2.24, 2.45) is 5.92 Å². The number of nitrogens with one attached hydrogen (secondary N) is 2. The summed E-state index contributed by atoms with van der Waals surface area (Å²) in [6.45, 7) is 2.81. The van der Waals surface area contributed by atoms with Gasteiger partial charge in [-0.2, -0.15) is 0 Å². The zero-order chi connectivity index (χ0) is 19.8. The maximum Gasteiger partial charge on any atom is 0.220 e. The van der Waals surface area contributed by atoms with E-state index in [1.165, 1.54) is 12.8 Å². The molecule has 7 heteroatoms. The van der Waals surface area contributed by atoms with Crippen LogP contribution in [-0.2, 0) is 11.2 Å². The molecule has 1 aliphatic rings. The van der Waals surface area contributed by atoms with Crippen LogP contribution in [0.3, 0.4) is 0 Å². The summed E-state index contributed by atoms with van der Waals surface area (Å²) < 4.78 is 10.6. The first-order valence-corrected chi connectivity index (χ1v) is 9.70. The highest BCUT2D eigenvalue weighted by atomic mass is 16.5. The van der Waals surface area contributed by atoms with Crippen LogP contribution in [0.25, 0.3) is 11.1 Å². The minimum absolute atomic E-state index is 0.0538. The van der Waals surface area contributed by atoms with E-state index in [0.29, 0.717) is 36.1 Å². The van der Waals surface area contributed by atoms with E-state index < -0.39 is 0 Å². The number of carbonyl (C=O) groups is 1. The Kier molecular flexibility index (Phi) is 7.19. The standard InChI is InChI=1S/C21H28N4O3/c1-27-18-6-5-16(10-19(18)28-2)17-13-23-20(24-14-17)7-8-21(26)25-12-15-4-3-9-22-11-15/h5-6,10,13-15,22H,3-4,7-9,11-12H2,1-2H3,(H,25,26). The lowest BCUT2D eigenvalue weighted by molar-refractivity contribution is -0.121. The Balaban J connectivity index is 1.51. The molecule has 2 N–H and O–H groups in total. The molecule has 1 fully saturated rings. The average molecular weight is 384 g/mol. The van der Waals surface area contributed by atoms with E-state index in [1.54, 1.807) is 26.6 Å². The van der Waals surface area contributed by atoms with Gasteiger partial charge in [-0.3, -0.25) is 4.79 Å². The predicted molar refractivity (Wildman–Crippen MR) is 107 cm³/mol.